The molecule has 2 aromatic rings. The highest BCUT2D eigenvalue weighted by Crippen LogP contribution is 2.16. The summed E-state index contributed by atoms with van der Waals surface area (Å²) in [5, 5.41) is 16.1. The largest absolute Gasteiger partial charge is 0.497 e. The average molecular weight is 371 g/mol. The molecule has 0 aliphatic carbocycles. The van der Waals surface area contributed by atoms with Crippen LogP contribution in [0.25, 0.3) is 0 Å². The first-order chi connectivity index (χ1) is 13.0. The predicted molar refractivity (Wildman–Crippen MR) is 99.3 cm³/mol. The lowest BCUT2D eigenvalue weighted by Gasteiger charge is -2.12. The van der Waals surface area contributed by atoms with E-state index in [0.717, 1.165) is 5.56 Å². The number of amides is 3. The van der Waals surface area contributed by atoms with Crippen LogP contribution in [0.4, 0.5) is 5.69 Å². The molecule has 0 saturated carbocycles. The molecule has 0 aliphatic heterocycles. The Bertz CT molecular complexity index is 822. The first-order valence-corrected chi connectivity index (χ1v) is 8.25. The average Bonchev–Trinajstić information content (AvgIpc) is 2.70. The van der Waals surface area contributed by atoms with Gasteiger partial charge in [-0.15, -0.1) is 0 Å². The summed E-state index contributed by atoms with van der Waals surface area (Å²) < 4.78 is 5.15. The van der Waals surface area contributed by atoms with Crippen LogP contribution in [0.2, 0.25) is 0 Å². The second kappa shape index (κ2) is 9.93. The van der Waals surface area contributed by atoms with E-state index in [4.69, 9.17) is 9.84 Å². The Morgan fingerprint density at radius 2 is 1.78 bits per heavy atom. The molecule has 8 nitrogen and oxygen atoms in total. The molecular weight excluding hydrogens is 350 g/mol. The van der Waals surface area contributed by atoms with E-state index in [0.29, 0.717) is 5.75 Å². The molecule has 27 heavy (non-hydrogen) atoms. The number of anilines is 1. The molecule has 0 unspecified atom stereocenters. The molecule has 0 radical (unpaired) electrons. The molecule has 0 saturated heterocycles. The number of benzene rings is 2. The van der Waals surface area contributed by atoms with Gasteiger partial charge in [-0.3, -0.25) is 14.4 Å². The third-order valence-corrected chi connectivity index (χ3v) is 3.61. The highest BCUT2D eigenvalue weighted by molar-refractivity contribution is 6.40. The summed E-state index contributed by atoms with van der Waals surface area (Å²) in [5.41, 5.74) is 1.29. The maximum absolute atomic E-state index is 12.5. The van der Waals surface area contributed by atoms with Gasteiger partial charge in [0.1, 0.15) is 5.75 Å². The van der Waals surface area contributed by atoms with Crippen molar-refractivity contribution in [3.05, 3.63) is 59.7 Å². The molecule has 0 aromatic heterocycles. The molecule has 2 rings (SSSR count). The van der Waals surface area contributed by atoms with Crippen molar-refractivity contribution in [3.63, 3.8) is 0 Å². The predicted octanol–water partition coefficient (Wildman–Crippen LogP) is 0.672. The third kappa shape index (κ3) is 5.82. The van der Waals surface area contributed by atoms with Gasteiger partial charge in [-0.25, -0.2) is 0 Å². The van der Waals surface area contributed by atoms with Crippen LogP contribution in [0, 0.1) is 0 Å². The van der Waals surface area contributed by atoms with Gasteiger partial charge in [-0.05, 0) is 29.8 Å². The number of nitrogens with one attached hydrogen (secondary N) is 3. The van der Waals surface area contributed by atoms with Gasteiger partial charge in [0.15, 0.2) is 0 Å². The van der Waals surface area contributed by atoms with E-state index in [1.54, 1.807) is 37.4 Å². The van der Waals surface area contributed by atoms with Crippen molar-refractivity contribution in [1.29, 1.82) is 0 Å². The number of rotatable bonds is 7. The van der Waals surface area contributed by atoms with Crippen LogP contribution in [0.3, 0.4) is 0 Å². The summed E-state index contributed by atoms with van der Waals surface area (Å²) >= 11 is 0. The van der Waals surface area contributed by atoms with Crippen LogP contribution in [-0.4, -0.2) is 43.1 Å². The second-order valence-electron chi connectivity index (χ2n) is 5.51. The minimum Gasteiger partial charge on any atom is -0.497 e. The van der Waals surface area contributed by atoms with E-state index in [1.165, 1.54) is 6.07 Å². The van der Waals surface area contributed by atoms with Gasteiger partial charge in [0, 0.05) is 13.1 Å². The molecule has 0 atom stereocenters. The fraction of sp³-hybridized carbons (Fsp3) is 0.211. The molecule has 0 aliphatic rings. The van der Waals surface area contributed by atoms with Gasteiger partial charge >= 0.3 is 11.8 Å². The van der Waals surface area contributed by atoms with Gasteiger partial charge in [0.25, 0.3) is 5.91 Å². The van der Waals surface area contributed by atoms with Crippen molar-refractivity contribution in [2.45, 2.75) is 6.54 Å². The molecule has 4 N–H and O–H groups in total. The van der Waals surface area contributed by atoms with Crippen molar-refractivity contribution in [2.75, 3.05) is 25.6 Å². The zero-order chi connectivity index (χ0) is 19.6. The number of aliphatic hydroxyl groups excluding tert-OH is 1. The molecule has 0 bridgehead atoms. The van der Waals surface area contributed by atoms with Crippen LogP contribution >= 0.6 is 0 Å². The number of methoxy groups -OCH3 is 1. The van der Waals surface area contributed by atoms with Crippen molar-refractivity contribution in [1.82, 2.24) is 10.6 Å². The molecular formula is C19H21N3O5. The molecule has 2 aromatic carbocycles. The zero-order valence-corrected chi connectivity index (χ0v) is 14.8. The minimum absolute atomic E-state index is 0.0328. The van der Waals surface area contributed by atoms with E-state index in [-0.39, 0.29) is 30.9 Å². The maximum atomic E-state index is 12.5. The Morgan fingerprint density at radius 1 is 1.00 bits per heavy atom. The molecule has 8 heteroatoms. The normalized spacial score (nSPS) is 10.0. The quantitative estimate of drug-likeness (QED) is 0.534. The highest BCUT2D eigenvalue weighted by atomic mass is 16.5. The van der Waals surface area contributed by atoms with Crippen LogP contribution < -0.4 is 20.7 Å². The summed E-state index contributed by atoms with van der Waals surface area (Å²) in [7, 11) is 1.56. The molecule has 0 spiro atoms. The summed E-state index contributed by atoms with van der Waals surface area (Å²) in [4.78, 5) is 36.0. The minimum atomic E-state index is -0.920. The SMILES string of the molecule is COc1cccc(CNC(=O)c2ccccc2NC(=O)C(=O)NCCO)c1. The number of carbonyl (C=O) groups excluding carboxylic acids is 3. The van der Waals surface area contributed by atoms with Crippen molar-refractivity contribution >= 4 is 23.4 Å². The zero-order valence-electron chi connectivity index (χ0n) is 14.8. The first-order valence-electron chi connectivity index (χ1n) is 8.25. The van der Waals surface area contributed by atoms with Gasteiger partial charge in [0.05, 0.1) is 25.0 Å². The lowest BCUT2D eigenvalue weighted by molar-refractivity contribution is -0.136. The van der Waals surface area contributed by atoms with E-state index in [9.17, 15) is 14.4 Å². The van der Waals surface area contributed by atoms with E-state index < -0.39 is 17.7 Å². The summed E-state index contributed by atoms with van der Waals surface area (Å²) in [5.74, 6) is -1.53. The number of hydrogen-bond donors (Lipinski definition) is 4. The Kier molecular flexibility index (Phi) is 7.33. The Morgan fingerprint density at radius 3 is 2.52 bits per heavy atom. The Balaban J connectivity index is 2.04. The van der Waals surface area contributed by atoms with Crippen molar-refractivity contribution in [3.8, 4) is 5.75 Å². The van der Waals surface area contributed by atoms with Crippen LogP contribution in [0.15, 0.2) is 48.5 Å². The van der Waals surface area contributed by atoms with Crippen molar-refractivity contribution < 1.29 is 24.2 Å². The smallest absolute Gasteiger partial charge is 0.313 e. The highest BCUT2D eigenvalue weighted by Gasteiger charge is 2.17. The number of hydrogen-bond acceptors (Lipinski definition) is 5. The fourth-order valence-electron chi connectivity index (χ4n) is 2.28. The van der Waals surface area contributed by atoms with Crippen molar-refractivity contribution in [2.24, 2.45) is 0 Å². The second-order valence-corrected chi connectivity index (χ2v) is 5.51. The maximum Gasteiger partial charge on any atom is 0.313 e. The number of carbonyl (C=O) groups is 3. The lowest BCUT2D eigenvalue weighted by atomic mass is 10.1. The van der Waals surface area contributed by atoms with Crippen LogP contribution in [0.1, 0.15) is 15.9 Å². The summed E-state index contributed by atoms with van der Waals surface area (Å²) in [6, 6.07) is 13.6. The van der Waals surface area contributed by atoms with Crippen LogP contribution in [0.5, 0.6) is 5.75 Å². The fourth-order valence-corrected chi connectivity index (χ4v) is 2.28. The molecule has 0 heterocycles. The van der Waals surface area contributed by atoms with Gasteiger partial charge in [-0.1, -0.05) is 24.3 Å². The number of para-hydroxylation sites is 1. The van der Waals surface area contributed by atoms with Gasteiger partial charge in [0.2, 0.25) is 0 Å². The van der Waals surface area contributed by atoms with E-state index in [2.05, 4.69) is 16.0 Å². The summed E-state index contributed by atoms with van der Waals surface area (Å²) in [6.07, 6.45) is 0. The molecule has 3 amide bonds. The monoisotopic (exact) mass is 371 g/mol. The van der Waals surface area contributed by atoms with Gasteiger partial charge in [-0.2, -0.15) is 0 Å². The van der Waals surface area contributed by atoms with E-state index >= 15 is 0 Å². The molecule has 142 valence electrons. The first kappa shape index (κ1) is 19.9. The standard InChI is InChI=1S/C19H21N3O5/c1-27-14-6-4-5-13(11-14)12-21-17(24)15-7-2-3-8-16(15)22-19(26)18(25)20-9-10-23/h2-8,11,23H,9-10,12H2,1H3,(H,20,25)(H,21,24)(H,22,26). The Labute approximate surface area is 156 Å². The van der Waals surface area contributed by atoms with Crippen LogP contribution in [-0.2, 0) is 16.1 Å². The Hall–Kier alpha value is -3.39. The van der Waals surface area contributed by atoms with Gasteiger partial charge < -0.3 is 25.8 Å². The number of ether oxygens (including phenoxy) is 1. The topological polar surface area (TPSA) is 117 Å². The number of aliphatic hydroxyl groups is 1. The third-order valence-electron chi connectivity index (χ3n) is 3.61. The summed E-state index contributed by atoms with van der Waals surface area (Å²) in [6.45, 7) is -0.0352. The molecule has 0 fully saturated rings. The van der Waals surface area contributed by atoms with E-state index in [1.807, 2.05) is 12.1 Å². The lowest BCUT2D eigenvalue weighted by Crippen LogP contribution is -2.37.